The zero-order chi connectivity index (χ0) is 12.8. The molecule has 5 nitrogen and oxygen atoms in total. The van der Waals surface area contributed by atoms with Crippen molar-refractivity contribution in [2.45, 2.75) is 6.54 Å². The maximum absolute atomic E-state index is 11.3. The number of rotatable bonds is 4. The van der Waals surface area contributed by atoms with Gasteiger partial charge in [0.15, 0.2) is 0 Å². The number of hydrogen-bond donors (Lipinski definition) is 1. The first-order valence-corrected chi connectivity index (χ1v) is 5.48. The van der Waals surface area contributed by atoms with Gasteiger partial charge in [0, 0.05) is 12.4 Å². The highest BCUT2D eigenvalue weighted by molar-refractivity contribution is 5.89. The molecule has 0 aliphatic rings. The predicted molar refractivity (Wildman–Crippen MR) is 67.1 cm³/mol. The fraction of sp³-hybridized carbons (Fsp3) is 0.154. The van der Waals surface area contributed by atoms with E-state index in [1.807, 2.05) is 18.2 Å². The number of esters is 1. The second-order valence-electron chi connectivity index (χ2n) is 3.60. The van der Waals surface area contributed by atoms with E-state index in [-0.39, 0.29) is 5.97 Å². The Bertz CT molecular complexity index is 529. The maximum Gasteiger partial charge on any atom is 0.338 e. The zero-order valence-corrected chi connectivity index (χ0v) is 9.96. The second kappa shape index (κ2) is 5.77. The van der Waals surface area contributed by atoms with E-state index >= 15 is 0 Å². The molecule has 0 radical (unpaired) electrons. The highest BCUT2D eigenvalue weighted by Crippen LogP contribution is 2.09. The topological polar surface area (TPSA) is 64.1 Å². The lowest BCUT2D eigenvalue weighted by Gasteiger charge is -2.06. The molecule has 18 heavy (non-hydrogen) atoms. The number of ether oxygens (including phenoxy) is 1. The Morgan fingerprint density at radius 1 is 1.28 bits per heavy atom. The molecule has 0 aliphatic heterocycles. The first kappa shape index (κ1) is 12.0. The molecule has 0 fully saturated rings. The molecule has 5 heteroatoms. The summed E-state index contributed by atoms with van der Waals surface area (Å²) in [5, 5.41) is 3.10. The Morgan fingerprint density at radius 2 is 2.17 bits per heavy atom. The quantitative estimate of drug-likeness (QED) is 0.830. The van der Waals surface area contributed by atoms with Gasteiger partial charge in [0.25, 0.3) is 0 Å². The summed E-state index contributed by atoms with van der Waals surface area (Å²) in [6.45, 7) is 0.554. The van der Waals surface area contributed by atoms with Gasteiger partial charge in [-0.2, -0.15) is 0 Å². The number of carbonyl (C=O) groups excluding carboxylic acids is 1. The summed E-state index contributed by atoms with van der Waals surface area (Å²) in [4.78, 5) is 19.7. The Kier molecular flexibility index (Phi) is 3.86. The van der Waals surface area contributed by atoms with Gasteiger partial charge in [-0.25, -0.2) is 9.78 Å². The van der Waals surface area contributed by atoms with Crippen LogP contribution >= 0.6 is 0 Å². The smallest absolute Gasteiger partial charge is 0.338 e. The van der Waals surface area contributed by atoms with Gasteiger partial charge >= 0.3 is 5.97 Å². The Labute approximate surface area is 105 Å². The van der Waals surface area contributed by atoms with Crippen LogP contribution in [-0.4, -0.2) is 23.0 Å². The highest BCUT2D eigenvalue weighted by Gasteiger charge is 2.06. The van der Waals surface area contributed by atoms with E-state index in [0.717, 1.165) is 5.69 Å². The van der Waals surface area contributed by atoms with Crippen LogP contribution in [0, 0.1) is 0 Å². The first-order chi connectivity index (χ1) is 8.79. The molecule has 2 aromatic heterocycles. The molecular weight excluding hydrogens is 230 g/mol. The lowest BCUT2D eigenvalue weighted by atomic mass is 10.2. The summed E-state index contributed by atoms with van der Waals surface area (Å²) in [5.74, 6) is 0.238. The number of carbonyl (C=O) groups is 1. The van der Waals surface area contributed by atoms with Gasteiger partial charge < -0.3 is 10.1 Å². The molecular formula is C13H13N3O2. The molecule has 0 aromatic carbocycles. The number of nitrogens with one attached hydrogen (secondary N) is 1. The maximum atomic E-state index is 11.3. The average Bonchev–Trinajstić information content (AvgIpc) is 2.45. The van der Waals surface area contributed by atoms with Crippen LogP contribution in [0.4, 0.5) is 5.82 Å². The number of hydrogen-bond acceptors (Lipinski definition) is 5. The van der Waals surface area contributed by atoms with Crippen molar-refractivity contribution in [1.82, 2.24) is 9.97 Å². The summed E-state index contributed by atoms with van der Waals surface area (Å²) in [7, 11) is 1.35. The van der Waals surface area contributed by atoms with E-state index in [2.05, 4.69) is 20.0 Å². The van der Waals surface area contributed by atoms with Gasteiger partial charge in [-0.3, -0.25) is 4.98 Å². The van der Waals surface area contributed by atoms with Crippen LogP contribution in [-0.2, 0) is 11.3 Å². The fourth-order valence-electron chi connectivity index (χ4n) is 1.46. The molecule has 0 saturated carbocycles. The minimum absolute atomic E-state index is 0.377. The van der Waals surface area contributed by atoms with Gasteiger partial charge in [-0.1, -0.05) is 6.07 Å². The molecule has 2 rings (SSSR count). The van der Waals surface area contributed by atoms with Crippen molar-refractivity contribution in [3.63, 3.8) is 0 Å². The zero-order valence-electron chi connectivity index (χ0n) is 9.96. The third-order valence-corrected chi connectivity index (χ3v) is 2.36. The molecule has 1 N–H and O–H groups in total. The van der Waals surface area contributed by atoms with Gasteiger partial charge in [0.2, 0.25) is 0 Å². The molecule has 2 aromatic rings. The molecule has 0 spiro atoms. The lowest BCUT2D eigenvalue weighted by molar-refractivity contribution is 0.0600. The Morgan fingerprint density at radius 3 is 2.89 bits per heavy atom. The monoisotopic (exact) mass is 243 g/mol. The van der Waals surface area contributed by atoms with E-state index < -0.39 is 0 Å². The molecule has 2 heterocycles. The van der Waals surface area contributed by atoms with Crippen molar-refractivity contribution in [3.8, 4) is 0 Å². The van der Waals surface area contributed by atoms with E-state index in [1.54, 1.807) is 24.5 Å². The lowest BCUT2D eigenvalue weighted by Crippen LogP contribution is -2.06. The van der Waals surface area contributed by atoms with Crippen molar-refractivity contribution in [3.05, 3.63) is 54.0 Å². The van der Waals surface area contributed by atoms with Crippen LogP contribution in [0.5, 0.6) is 0 Å². The third-order valence-electron chi connectivity index (χ3n) is 2.36. The molecule has 0 amide bonds. The molecule has 0 bridgehead atoms. The number of methoxy groups -OCH3 is 1. The largest absolute Gasteiger partial charge is 0.465 e. The number of nitrogens with zero attached hydrogens (tertiary/aromatic N) is 2. The second-order valence-corrected chi connectivity index (χ2v) is 3.60. The number of pyridine rings is 2. The van der Waals surface area contributed by atoms with Crippen LogP contribution in [0.25, 0.3) is 0 Å². The average molecular weight is 243 g/mol. The normalized spacial score (nSPS) is 9.83. The van der Waals surface area contributed by atoms with E-state index in [9.17, 15) is 4.79 Å². The summed E-state index contributed by atoms with van der Waals surface area (Å²) >= 11 is 0. The summed E-state index contributed by atoms with van der Waals surface area (Å²) in [6, 6.07) is 8.95. The van der Waals surface area contributed by atoms with Crippen LogP contribution in [0.1, 0.15) is 16.1 Å². The standard InChI is InChI=1S/C13H13N3O2/c1-18-13(17)10-5-7-15-12(8-10)16-9-11-4-2-3-6-14-11/h2-8H,9H2,1H3,(H,15,16). The van der Waals surface area contributed by atoms with E-state index in [0.29, 0.717) is 17.9 Å². The molecule has 0 unspecified atom stereocenters. The van der Waals surface area contributed by atoms with Gasteiger partial charge in [-0.05, 0) is 24.3 Å². The van der Waals surface area contributed by atoms with Crippen molar-refractivity contribution in [2.24, 2.45) is 0 Å². The minimum Gasteiger partial charge on any atom is -0.465 e. The van der Waals surface area contributed by atoms with Gasteiger partial charge in [0.05, 0.1) is 24.9 Å². The third kappa shape index (κ3) is 3.04. The summed E-state index contributed by atoms with van der Waals surface area (Å²) in [6.07, 6.45) is 3.29. The van der Waals surface area contributed by atoms with Crippen molar-refractivity contribution in [2.75, 3.05) is 12.4 Å². The minimum atomic E-state index is -0.377. The van der Waals surface area contributed by atoms with Crippen molar-refractivity contribution < 1.29 is 9.53 Å². The summed E-state index contributed by atoms with van der Waals surface area (Å²) < 4.78 is 4.65. The van der Waals surface area contributed by atoms with Crippen molar-refractivity contribution >= 4 is 11.8 Å². The van der Waals surface area contributed by atoms with Crippen LogP contribution < -0.4 is 5.32 Å². The van der Waals surface area contributed by atoms with Gasteiger partial charge in [0.1, 0.15) is 5.82 Å². The predicted octanol–water partition coefficient (Wildman–Crippen LogP) is 1.88. The van der Waals surface area contributed by atoms with Crippen LogP contribution in [0.3, 0.4) is 0 Å². The first-order valence-electron chi connectivity index (χ1n) is 5.48. The molecule has 0 aliphatic carbocycles. The number of anilines is 1. The Balaban J connectivity index is 2.04. The van der Waals surface area contributed by atoms with Crippen LogP contribution in [0.15, 0.2) is 42.7 Å². The fourth-order valence-corrected chi connectivity index (χ4v) is 1.46. The Hall–Kier alpha value is -2.43. The summed E-state index contributed by atoms with van der Waals surface area (Å²) in [5.41, 5.74) is 1.37. The number of aromatic nitrogens is 2. The van der Waals surface area contributed by atoms with Gasteiger partial charge in [-0.15, -0.1) is 0 Å². The SMILES string of the molecule is COC(=O)c1ccnc(NCc2ccccn2)c1. The van der Waals surface area contributed by atoms with Crippen LogP contribution in [0.2, 0.25) is 0 Å². The van der Waals surface area contributed by atoms with E-state index in [1.165, 1.54) is 7.11 Å². The molecule has 0 atom stereocenters. The van der Waals surface area contributed by atoms with E-state index in [4.69, 9.17) is 0 Å². The molecule has 92 valence electrons. The highest BCUT2D eigenvalue weighted by atomic mass is 16.5. The van der Waals surface area contributed by atoms with Crippen molar-refractivity contribution in [1.29, 1.82) is 0 Å². The molecule has 0 saturated heterocycles.